The molecular weight excluding hydrogens is 122 g/mol. The molecule has 0 fully saturated rings. The van der Waals surface area contributed by atoms with Gasteiger partial charge in [0, 0.05) is 0 Å². The largest absolute Gasteiger partial charge is 0.110 e. The topological polar surface area (TPSA) is 0 Å². The highest BCUT2D eigenvalue weighted by atomic mass is 31.8. The minimum Gasteiger partial charge on any atom is -0.110 e. The second-order valence-electron chi connectivity index (χ2n) is 1.65. The standard InChI is InChI=1S/C5H8P2/c1-4-3-6-7-5(4)2/h3,6H,1-2H3. The Balaban J connectivity index is 3.12. The predicted octanol–water partition coefficient (Wildman–Crippen LogP) is 2.91. The van der Waals surface area contributed by atoms with E-state index in [1.807, 2.05) is 0 Å². The first kappa shape index (κ1) is 5.35. The molecule has 0 saturated carbocycles. The lowest BCUT2D eigenvalue weighted by atomic mass is 10.4. The molecule has 0 aliphatic carbocycles. The van der Waals surface area contributed by atoms with Crippen molar-refractivity contribution in [3.8, 4) is 0 Å². The Bertz CT molecular complexity index is 138. The Labute approximate surface area is 47.0 Å². The van der Waals surface area contributed by atoms with Crippen molar-refractivity contribution in [1.82, 2.24) is 0 Å². The molecule has 0 bridgehead atoms. The zero-order valence-corrected chi connectivity index (χ0v) is 6.42. The Kier molecular flexibility index (Phi) is 1.52. The average Bonchev–Trinajstić information content (AvgIpc) is 1.91. The molecule has 0 radical (unpaired) electrons. The van der Waals surface area contributed by atoms with Crippen molar-refractivity contribution in [3.05, 3.63) is 16.7 Å². The van der Waals surface area contributed by atoms with E-state index in [0.717, 1.165) is 7.87 Å². The van der Waals surface area contributed by atoms with Crippen molar-refractivity contribution < 1.29 is 0 Å². The van der Waals surface area contributed by atoms with Crippen LogP contribution in [0.25, 0.3) is 0 Å². The number of hydrogen-bond donors (Lipinski definition) is 0. The van der Waals surface area contributed by atoms with Crippen LogP contribution in [0.15, 0.2) is 5.80 Å². The van der Waals surface area contributed by atoms with Crippen LogP contribution in [-0.2, 0) is 0 Å². The van der Waals surface area contributed by atoms with Crippen LogP contribution in [0.5, 0.6) is 0 Å². The van der Waals surface area contributed by atoms with E-state index in [0.29, 0.717) is 0 Å². The van der Waals surface area contributed by atoms with Crippen molar-refractivity contribution in [1.29, 1.82) is 0 Å². The SMILES string of the molecule is Cc1c[pH]pc1C. The molecule has 0 nitrogen and oxygen atoms in total. The zero-order chi connectivity index (χ0) is 5.28. The van der Waals surface area contributed by atoms with Gasteiger partial charge in [0.1, 0.15) is 0 Å². The van der Waals surface area contributed by atoms with Gasteiger partial charge in [-0.05, 0) is 30.5 Å². The van der Waals surface area contributed by atoms with Gasteiger partial charge in [-0.1, -0.05) is 7.87 Å². The van der Waals surface area contributed by atoms with Gasteiger partial charge in [0.25, 0.3) is 0 Å². The number of hydrogen-bond acceptors (Lipinski definition) is 0. The minimum absolute atomic E-state index is 1.04. The first-order valence-corrected chi connectivity index (χ1v) is 5.09. The maximum atomic E-state index is 2.32. The van der Waals surface area contributed by atoms with Crippen LogP contribution < -0.4 is 0 Å². The molecule has 38 valence electrons. The van der Waals surface area contributed by atoms with Gasteiger partial charge in [0.15, 0.2) is 0 Å². The lowest BCUT2D eigenvalue weighted by Gasteiger charge is -1.79. The van der Waals surface area contributed by atoms with Crippen LogP contribution in [0.4, 0.5) is 0 Å². The van der Waals surface area contributed by atoms with Crippen LogP contribution in [-0.4, -0.2) is 0 Å². The second kappa shape index (κ2) is 1.99. The van der Waals surface area contributed by atoms with Crippen LogP contribution in [0.2, 0.25) is 0 Å². The Morgan fingerprint density at radius 3 is 2.43 bits per heavy atom. The summed E-state index contributed by atoms with van der Waals surface area (Å²) in [6, 6.07) is 0. The van der Waals surface area contributed by atoms with Gasteiger partial charge < -0.3 is 0 Å². The molecule has 1 unspecified atom stereocenters. The molecule has 0 N–H and O–H groups in total. The van der Waals surface area contributed by atoms with Crippen LogP contribution in [0, 0.1) is 13.8 Å². The highest BCUT2D eigenvalue weighted by molar-refractivity contribution is 7.90. The van der Waals surface area contributed by atoms with Gasteiger partial charge in [-0.2, -0.15) is 0 Å². The summed E-state index contributed by atoms with van der Waals surface area (Å²) in [6.45, 7) is 4.38. The molecule has 1 aromatic rings. The van der Waals surface area contributed by atoms with E-state index >= 15 is 0 Å². The molecule has 0 saturated heterocycles. The smallest absolute Gasteiger partial charge is 0.0168 e. The summed E-state index contributed by atoms with van der Waals surface area (Å²) in [4.78, 5) is 0. The quantitative estimate of drug-likeness (QED) is 0.506. The van der Waals surface area contributed by atoms with E-state index in [1.54, 1.807) is 5.30 Å². The molecule has 2 heteroatoms. The monoisotopic (exact) mass is 130 g/mol. The van der Waals surface area contributed by atoms with Gasteiger partial charge in [0.2, 0.25) is 0 Å². The third-order valence-electron chi connectivity index (χ3n) is 1.08. The van der Waals surface area contributed by atoms with E-state index in [4.69, 9.17) is 0 Å². The fraction of sp³-hybridized carbons (Fsp3) is 0.400. The minimum atomic E-state index is 1.04. The van der Waals surface area contributed by atoms with Crippen molar-refractivity contribution >= 4 is 15.7 Å². The fourth-order valence-corrected chi connectivity index (χ4v) is 3.33. The number of rotatable bonds is 0. The Morgan fingerprint density at radius 1 is 1.57 bits per heavy atom. The Morgan fingerprint density at radius 2 is 2.29 bits per heavy atom. The van der Waals surface area contributed by atoms with E-state index in [9.17, 15) is 0 Å². The third-order valence-corrected chi connectivity index (χ3v) is 4.24. The lowest BCUT2D eigenvalue weighted by molar-refractivity contribution is 1.45. The summed E-state index contributed by atoms with van der Waals surface area (Å²) in [5, 5.41) is 1.55. The van der Waals surface area contributed by atoms with E-state index in [-0.39, 0.29) is 0 Å². The molecule has 7 heavy (non-hydrogen) atoms. The molecule has 0 aromatic carbocycles. The van der Waals surface area contributed by atoms with Gasteiger partial charge in [-0.15, -0.1) is 7.87 Å². The molecule has 1 rings (SSSR count). The summed E-state index contributed by atoms with van der Waals surface area (Å²) in [5.41, 5.74) is 1.50. The lowest BCUT2D eigenvalue weighted by Crippen LogP contribution is -1.60. The highest BCUT2D eigenvalue weighted by Gasteiger charge is 1.86. The summed E-state index contributed by atoms with van der Waals surface area (Å²) >= 11 is 0. The maximum absolute atomic E-state index is 2.32. The van der Waals surface area contributed by atoms with Crippen LogP contribution in [0.1, 0.15) is 10.9 Å². The first-order chi connectivity index (χ1) is 3.30. The molecule has 1 heterocycles. The summed E-state index contributed by atoms with van der Waals surface area (Å²) in [7, 11) is 2.58. The van der Waals surface area contributed by atoms with E-state index in [2.05, 4.69) is 19.6 Å². The molecule has 1 atom stereocenters. The summed E-state index contributed by atoms with van der Waals surface area (Å²) in [6.07, 6.45) is 0. The molecule has 0 spiro atoms. The normalized spacial score (nSPS) is 11.7. The zero-order valence-electron chi connectivity index (χ0n) is 4.52. The van der Waals surface area contributed by atoms with Gasteiger partial charge in [-0.25, -0.2) is 0 Å². The highest BCUT2D eigenvalue weighted by Crippen LogP contribution is 2.29. The van der Waals surface area contributed by atoms with Gasteiger partial charge in [-0.3, -0.25) is 0 Å². The molecule has 1 aromatic heterocycles. The maximum Gasteiger partial charge on any atom is -0.0168 e. The van der Waals surface area contributed by atoms with Crippen molar-refractivity contribution in [2.24, 2.45) is 0 Å². The van der Waals surface area contributed by atoms with Gasteiger partial charge >= 0.3 is 0 Å². The van der Waals surface area contributed by atoms with Crippen molar-refractivity contribution in [3.63, 3.8) is 0 Å². The van der Waals surface area contributed by atoms with E-state index in [1.165, 1.54) is 13.4 Å². The average molecular weight is 130 g/mol. The van der Waals surface area contributed by atoms with E-state index < -0.39 is 0 Å². The first-order valence-electron chi connectivity index (χ1n) is 2.27. The summed E-state index contributed by atoms with van der Waals surface area (Å²) in [5.74, 6) is 2.32. The number of aryl methyl sites for hydroxylation is 2. The summed E-state index contributed by atoms with van der Waals surface area (Å²) < 4.78 is 0. The predicted molar refractivity (Wildman–Crippen MR) is 37.9 cm³/mol. The molecule has 0 aliphatic heterocycles. The second-order valence-corrected chi connectivity index (χ2v) is 4.54. The Hall–Kier alpha value is 0.210. The van der Waals surface area contributed by atoms with Crippen LogP contribution >= 0.6 is 15.7 Å². The van der Waals surface area contributed by atoms with Crippen LogP contribution in [0.3, 0.4) is 0 Å². The van der Waals surface area contributed by atoms with Gasteiger partial charge in [0.05, 0.1) is 0 Å². The molecule has 0 aliphatic rings. The fourth-order valence-electron chi connectivity index (χ4n) is 0.419. The van der Waals surface area contributed by atoms with Crippen molar-refractivity contribution in [2.75, 3.05) is 0 Å². The van der Waals surface area contributed by atoms with Crippen molar-refractivity contribution in [2.45, 2.75) is 13.8 Å². The molecular formula is C5H8P2. The molecule has 0 amide bonds. The third kappa shape index (κ3) is 1.06.